The molecule has 1 unspecified atom stereocenters. The first-order valence-corrected chi connectivity index (χ1v) is 15.2. The van der Waals surface area contributed by atoms with Crippen LogP contribution in [0.1, 0.15) is 41.0 Å². The van der Waals surface area contributed by atoms with Crippen molar-refractivity contribution in [2.45, 2.75) is 65.3 Å². The van der Waals surface area contributed by atoms with Crippen molar-refractivity contribution in [1.29, 1.82) is 0 Å². The summed E-state index contributed by atoms with van der Waals surface area (Å²) in [5.41, 5.74) is 6.79. The minimum Gasteiger partial charge on any atom is -0.413 e. The summed E-state index contributed by atoms with van der Waals surface area (Å²) < 4.78 is 31.6. The van der Waals surface area contributed by atoms with Gasteiger partial charge in [0.1, 0.15) is 18.8 Å². The third kappa shape index (κ3) is 6.73. The third-order valence-corrected chi connectivity index (χ3v) is 12.0. The molecule has 12 heteroatoms. The van der Waals surface area contributed by atoms with Gasteiger partial charge in [-0.2, -0.15) is 4.73 Å². The molecule has 0 saturated carbocycles. The molecule has 1 atom stereocenters. The van der Waals surface area contributed by atoms with Crippen LogP contribution in [0.15, 0.2) is 12.7 Å². The number of imidazole rings is 1. The second-order valence-electron chi connectivity index (χ2n) is 8.76. The van der Waals surface area contributed by atoms with Gasteiger partial charge in [0, 0.05) is 6.42 Å². The molecule has 0 aliphatic carbocycles. The molecule has 2 aromatic heterocycles. The van der Waals surface area contributed by atoms with Gasteiger partial charge in [0.05, 0.1) is 26.0 Å². The molecule has 0 fully saturated rings. The largest absolute Gasteiger partial charge is 0.413 e. The molecule has 0 aliphatic rings. The van der Waals surface area contributed by atoms with Crippen molar-refractivity contribution < 1.29 is 22.9 Å². The lowest BCUT2D eigenvalue weighted by Gasteiger charge is -2.37. The Hall–Kier alpha value is -1.52. The van der Waals surface area contributed by atoms with Crippen LogP contribution in [0.2, 0.25) is 18.1 Å². The Morgan fingerprint density at radius 1 is 1.16 bits per heavy atom. The van der Waals surface area contributed by atoms with Crippen molar-refractivity contribution in [3.63, 3.8) is 0 Å². The molecule has 2 rings (SSSR count). The monoisotopic (exact) mass is 473 g/mol. The zero-order valence-electron chi connectivity index (χ0n) is 19.6. The molecule has 0 aromatic carbocycles. The van der Waals surface area contributed by atoms with Gasteiger partial charge in [0.2, 0.25) is 5.65 Å². The average molecular weight is 474 g/mol. The van der Waals surface area contributed by atoms with Gasteiger partial charge in [0.25, 0.3) is 0 Å². The molecule has 0 amide bonds. The molecule has 176 valence electrons. The quantitative estimate of drug-likeness (QED) is 0.361. The van der Waals surface area contributed by atoms with Gasteiger partial charge in [0.15, 0.2) is 19.7 Å². The highest BCUT2D eigenvalue weighted by Crippen LogP contribution is 2.48. The average Bonchev–Trinajstić information content (AvgIpc) is 3.08. The number of anilines is 1. The first kappa shape index (κ1) is 25.7. The van der Waals surface area contributed by atoms with Crippen molar-refractivity contribution in [1.82, 2.24) is 19.7 Å². The maximum Gasteiger partial charge on any atom is 0.330 e. The van der Waals surface area contributed by atoms with Crippen LogP contribution in [-0.2, 0) is 18.0 Å². The molecular weight excluding hydrogens is 437 g/mol. The van der Waals surface area contributed by atoms with Crippen molar-refractivity contribution in [2.24, 2.45) is 0 Å². The maximum atomic E-state index is 12.9. The highest BCUT2D eigenvalue weighted by molar-refractivity contribution is 7.53. The van der Waals surface area contributed by atoms with Crippen LogP contribution in [0.3, 0.4) is 0 Å². The second-order valence-corrected chi connectivity index (χ2v) is 15.8. The highest BCUT2D eigenvalue weighted by atomic mass is 31.2. The number of hydrogen-bond acceptors (Lipinski definition) is 9. The van der Waals surface area contributed by atoms with Crippen molar-refractivity contribution in [2.75, 3.05) is 31.7 Å². The predicted octanol–water partition coefficient (Wildman–Crippen LogP) is 3.88. The minimum absolute atomic E-state index is 0.0485. The lowest BCUT2D eigenvalue weighted by molar-refractivity contribution is 0.00723. The van der Waals surface area contributed by atoms with Crippen molar-refractivity contribution in [3.05, 3.63) is 12.7 Å². The fraction of sp³-hybridized carbons (Fsp3) is 0.737. The van der Waals surface area contributed by atoms with Crippen LogP contribution >= 0.6 is 7.60 Å². The van der Waals surface area contributed by atoms with Crippen molar-refractivity contribution in [3.8, 4) is 0 Å². The van der Waals surface area contributed by atoms with E-state index in [1.54, 1.807) is 13.8 Å². The smallest absolute Gasteiger partial charge is 0.330 e. The molecule has 2 N–H and O–H groups in total. The van der Waals surface area contributed by atoms with Gasteiger partial charge >= 0.3 is 7.60 Å². The van der Waals surface area contributed by atoms with Gasteiger partial charge in [-0.3, -0.25) is 4.57 Å². The van der Waals surface area contributed by atoms with Crippen LogP contribution in [0.5, 0.6) is 0 Å². The van der Waals surface area contributed by atoms with Gasteiger partial charge in [-0.1, -0.05) is 20.8 Å². The SMILES string of the molecule is CCOP(=O)(CCC(CO[Si](C)(C)C(C)(C)C)On1cnc2c(N)ncnc21)OCC. The van der Waals surface area contributed by atoms with E-state index in [1.807, 2.05) is 0 Å². The van der Waals surface area contributed by atoms with Gasteiger partial charge in [-0.15, -0.1) is 0 Å². The lowest BCUT2D eigenvalue weighted by atomic mass is 10.2. The molecule has 31 heavy (non-hydrogen) atoms. The van der Waals surface area contributed by atoms with Crippen LogP contribution in [0, 0.1) is 0 Å². The summed E-state index contributed by atoms with van der Waals surface area (Å²) in [7, 11) is -5.23. The predicted molar refractivity (Wildman–Crippen MR) is 124 cm³/mol. The number of aromatic nitrogens is 4. The first-order chi connectivity index (χ1) is 14.4. The molecule has 0 aliphatic heterocycles. The molecular formula is C19H36N5O5PSi. The number of nitrogens with two attached hydrogens (primary N) is 1. The Bertz CT molecular complexity index is 891. The van der Waals surface area contributed by atoms with E-state index < -0.39 is 22.0 Å². The zero-order chi connectivity index (χ0) is 23.3. The standard InChI is InChI=1S/C19H36N5O5PSi/c1-8-26-30(25,27-9-2)11-10-15(12-28-31(6,7)19(3,4)5)29-24-14-23-16-17(20)21-13-22-18(16)24/h13-15H,8-12H2,1-7H3,(H2,20,21,22). The van der Waals surface area contributed by atoms with Crippen molar-refractivity contribution >= 4 is 32.9 Å². The summed E-state index contributed by atoms with van der Waals surface area (Å²) >= 11 is 0. The van der Waals surface area contributed by atoms with Crippen LogP contribution in [0.25, 0.3) is 11.2 Å². The molecule has 0 radical (unpaired) electrons. The summed E-state index contributed by atoms with van der Waals surface area (Å²) in [5.74, 6) is 0.276. The summed E-state index contributed by atoms with van der Waals surface area (Å²) in [4.78, 5) is 18.6. The number of nitrogen functional groups attached to an aromatic ring is 1. The summed E-state index contributed by atoms with van der Waals surface area (Å²) in [6, 6.07) is 0. The summed E-state index contributed by atoms with van der Waals surface area (Å²) in [6.07, 6.45) is 3.06. The summed E-state index contributed by atoms with van der Waals surface area (Å²) in [5, 5.41) is 0.0485. The van der Waals surface area contributed by atoms with E-state index in [2.05, 4.69) is 48.8 Å². The normalized spacial score (nSPS) is 14.2. The Balaban J connectivity index is 2.22. The van der Waals surface area contributed by atoms with E-state index in [9.17, 15) is 4.57 Å². The Morgan fingerprint density at radius 2 is 1.81 bits per heavy atom. The van der Waals surface area contributed by atoms with E-state index in [0.29, 0.717) is 37.4 Å². The van der Waals surface area contributed by atoms with E-state index in [-0.39, 0.29) is 17.0 Å². The van der Waals surface area contributed by atoms with Crippen LogP contribution in [0.4, 0.5) is 5.82 Å². The second kappa shape index (κ2) is 10.4. The lowest BCUT2D eigenvalue weighted by Crippen LogP contribution is -2.44. The van der Waals surface area contributed by atoms with Crippen LogP contribution < -0.4 is 10.6 Å². The molecule has 2 heterocycles. The molecule has 10 nitrogen and oxygen atoms in total. The van der Waals surface area contributed by atoms with Gasteiger partial charge in [-0.05, 0) is 32.0 Å². The molecule has 2 aromatic rings. The molecule has 0 saturated heterocycles. The fourth-order valence-corrected chi connectivity index (χ4v) is 5.38. The van der Waals surface area contributed by atoms with Gasteiger partial charge in [-0.25, -0.2) is 15.0 Å². The topological polar surface area (TPSA) is 124 Å². The Labute approximate surface area is 185 Å². The van der Waals surface area contributed by atoms with Gasteiger partial charge < -0.3 is 24.0 Å². The maximum absolute atomic E-state index is 12.9. The Morgan fingerprint density at radius 3 is 2.39 bits per heavy atom. The summed E-state index contributed by atoms with van der Waals surface area (Å²) in [6.45, 7) is 15.4. The number of nitrogens with zero attached hydrogens (tertiary/aromatic N) is 4. The first-order valence-electron chi connectivity index (χ1n) is 10.5. The number of hydrogen-bond donors (Lipinski definition) is 1. The Kier molecular flexibility index (Phi) is 8.63. The fourth-order valence-electron chi connectivity index (χ4n) is 2.62. The van der Waals surface area contributed by atoms with E-state index in [1.165, 1.54) is 17.4 Å². The molecule has 0 bridgehead atoms. The molecule has 0 spiro atoms. The van der Waals surface area contributed by atoms with E-state index >= 15 is 0 Å². The number of fused-ring (bicyclic) bond motifs is 1. The van der Waals surface area contributed by atoms with E-state index in [0.717, 1.165) is 0 Å². The third-order valence-electron chi connectivity index (χ3n) is 5.41. The zero-order valence-corrected chi connectivity index (χ0v) is 21.5. The van der Waals surface area contributed by atoms with E-state index in [4.69, 9.17) is 24.0 Å². The van der Waals surface area contributed by atoms with Crippen LogP contribution in [-0.4, -0.2) is 60.1 Å². The minimum atomic E-state index is -3.21. The highest BCUT2D eigenvalue weighted by Gasteiger charge is 2.38. The number of rotatable bonds is 12.